The first-order valence-corrected chi connectivity index (χ1v) is 4.93. The number of nitrogens with one attached hydrogen (secondary N) is 1. The van der Waals surface area contributed by atoms with Crippen LogP contribution in [0, 0.1) is 0 Å². The van der Waals surface area contributed by atoms with Gasteiger partial charge in [0.2, 0.25) is 0 Å². The smallest absolute Gasteiger partial charge is 0.383 e. The van der Waals surface area contributed by atoms with E-state index >= 15 is 0 Å². The summed E-state index contributed by atoms with van der Waals surface area (Å²) in [6.07, 6.45) is -3.29. The molecule has 0 saturated carbocycles. The van der Waals surface area contributed by atoms with Crippen LogP contribution in [0.15, 0.2) is 0 Å². The monoisotopic (exact) mass is 259 g/mol. The Labute approximate surface area is 95.0 Å². The molecule has 4 nitrogen and oxygen atoms in total. The summed E-state index contributed by atoms with van der Waals surface area (Å²) in [4.78, 5) is 21.4. The lowest BCUT2D eigenvalue weighted by Crippen LogP contribution is -2.51. The molecule has 0 aromatic rings. The van der Waals surface area contributed by atoms with Crippen LogP contribution in [-0.2, 0) is 9.59 Å². The molecule has 0 saturated heterocycles. The van der Waals surface area contributed by atoms with E-state index in [1.165, 1.54) is 5.32 Å². The first-order valence-electron chi connectivity index (χ1n) is 4.93. The predicted octanol–water partition coefficient (Wildman–Crippen LogP) is 1.65. The summed E-state index contributed by atoms with van der Waals surface area (Å²) in [5.41, 5.74) is 0. The quantitative estimate of drug-likeness (QED) is 0.683. The van der Waals surface area contributed by atoms with E-state index in [-0.39, 0.29) is 6.42 Å². The number of carboxylic acids is 1. The molecule has 17 heavy (non-hydrogen) atoms. The van der Waals surface area contributed by atoms with Gasteiger partial charge in [0.25, 0.3) is 5.91 Å². The Kier molecular flexibility index (Phi) is 5.90. The van der Waals surface area contributed by atoms with Crippen LogP contribution in [0.2, 0.25) is 0 Å². The number of amides is 1. The van der Waals surface area contributed by atoms with Crippen molar-refractivity contribution >= 4 is 11.9 Å². The molecule has 1 atom stereocenters. The standard InChI is InChI=1S/C9H13F4NO3/c1-2-3-4-5(6(15)16)14-8(17)9(12,13)7(10)11/h5,7H,2-4H2,1H3,(H,14,17)(H,15,16)/t5-/m0/s1. The maximum atomic E-state index is 12.5. The van der Waals surface area contributed by atoms with Gasteiger partial charge in [0.15, 0.2) is 0 Å². The highest BCUT2D eigenvalue weighted by atomic mass is 19.3. The molecule has 0 aliphatic rings. The Hall–Kier alpha value is -1.34. The molecule has 0 aliphatic heterocycles. The summed E-state index contributed by atoms with van der Waals surface area (Å²) in [7, 11) is 0. The van der Waals surface area contributed by atoms with Crippen LogP contribution in [0.1, 0.15) is 26.2 Å². The van der Waals surface area contributed by atoms with Crippen LogP contribution in [0.25, 0.3) is 0 Å². The highest BCUT2D eigenvalue weighted by molar-refractivity contribution is 5.88. The van der Waals surface area contributed by atoms with Crippen molar-refractivity contribution in [3.63, 3.8) is 0 Å². The molecule has 0 spiro atoms. The van der Waals surface area contributed by atoms with E-state index in [9.17, 15) is 27.2 Å². The normalized spacial score (nSPS) is 13.5. The van der Waals surface area contributed by atoms with E-state index in [0.717, 1.165) is 0 Å². The summed E-state index contributed by atoms with van der Waals surface area (Å²) in [6, 6.07) is -1.58. The molecule has 100 valence electrons. The van der Waals surface area contributed by atoms with Gasteiger partial charge < -0.3 is 10.4 Å². The van der Waals surface area contributed by atoms with Gasteiger partial charge in [-0.05, 0) is 6.42 Å². The molecular weight excluding hydrogens is 246 g/mol. The van der Waals surface area contributed by atoms with Gasteiger partial charge in [0.05, 0.1) is 0 Å². The van der Waals surface area contributed by atoms with Gasteiger partial charge in [0, 0.05) is 0 Å². The van der Waals surface area contributed by atoms with Gasteiger partial charge in [-0.2, -0.15) is 8.78 Å². The topological polar surface area (TPSA) is 66.4 Å². The lowest BCUT2D eigenvalue weighted by molar-refractivity contribution is -0.171. The van der Waals surface area contributed by atoms with E-state index < -0.39 is 30.3 Å². The molecule has 0 fully saturated rings. The third-order valence-corrected chi connectivity index (χ3v) is 2.03. The van der Waals surface area contributed by atoms with Crippen LogP contribution in [0.5, 0.6) is 0 Å². The molecule has 2 N–H and O–H groups in total. The number of carbonyl (C=O) groups excluding carboxylic acids is 1. The summed E-state index contributed by atoms with van der Waals surface area (Å²) in [6.45, 7) is 1.73. The summed E-state index contributed by atoms with van der Waals surface area (Å²) >= 11 is 0. The molecule has 0 aliphatic carbocycles. The summed E-state index contributed by atoms with van der Waals surface area (Å²) in [5.74, 6) is -8.67. The zero-order valence-corrected chi connectivity index (χ0v) is 9.05. The number of rotatable bonds is 7. The summed E-state index contributed by atoms with van der Waals surface area (Å²) in [5, 5.41) is 10.0. The molecule has 0 aromatic carbocycles. The Morgan fingerprint density at radius 1 is 1.35 bits per heavy atom. The van der Waals surface area contributed by atoms with E-state index in [1.54, 1.807) is 6.92 Å². The second-order valence-electron chi connectivity index (χ2n) is 3.43. The number of unbranched alkanes of at least 4 members (excludes halogenated alkanes) is 1. The second kappa shape index (κ2) is 6.41. The highest BCUT2D eigenvalue weighted by Crippen LogP contribution is 2.23. The minimum atomic E-state index is -4.88. The maximum Gasteiger partial charge on any atom is 0.383 e. The van der Waals surface area contributed by atoms with Gasteiger partial charge in [-0.3, -0.25) is 4.79 Å². The van der Waals surface area contributed by atoms with Crippen molar-refractivity contribution in [3.8, 4) is 0 Å². The molecule has 0 unspecified atom stereocenters. The van der Waals surface area contributed by atoms with Crippen LogP contribution in [0.4, 0.5) is 17.6 Å². The first kappa shape index (κ1) is 15.7. The number of aliphatic carboxylic acids is 1. The first-order chi connectivity index (χ1) is 7.73. The van der Waals surface area contributed by atoms with Crippen LogP contribution in [0.3, 0.4) is 0 Å². The fraction of sp³-hybridized carbons (Fsp3) is 0.778. The van der Waals surface area contributed by atoms with Gasteiger partial charge >= 0.3 is 18.3 Å². The Morgan fingerprint density at radius 3 is 2.24 bits per heavy atom. The third kappa shape index (κ3) is 4.58. The van der Waals surface area contributed by atoms with Gasteiger partial charge in [-0.1, -0.05) is 19.8 Å². The molecule has 0 aromatic heterocycles. The van der Waals surface area contributed by atoms with Crippen molar-refractivity contribution in [3.05, 3.63) is 0 Å². The number of alkyl halides is 4. The van der Waals surface area contributed by atoms with Crippen molar-refractivity contribution in [2.45, 2.75) is 44.6 Å². The van der Waals surface area contributed by atoms with Crippen molar-refractivity contribution in [2.24, 2.45) is 0 Å². The molecule has 0 bridgehead atoms. The zero-order valence-electron chi connectivity index (χ0n) is 9.05. The Morgan fingerprint density at radius 2 is 1.88 bits per heavy atom. The largest absolute Gasteiger partial charge is 0.480 e. The minimum absolute atomic E-state index is 0.0864. The number of hydrogen-bond donors (Lipinski definition) is 2. The SMILES string of the molecule is CCCC[C@H](NC(=O)C(F)(F)C(F)F)C(=O)O. The van der Waals surface area contributed by atoms with E-state index in [0.29, 0.717) is 12.8 Å². The average Bonchev–Trinajstić information content (AvgIpc) is 2.22. The molecule has 1 amide bonds. The number of carbonyl (C=O) groups is 2. The number of halogens is 4. The van der Waals surface area contributed by atoms with Gasteiger partial charge in [-0.25, -0.2) is 13.6 Å². The molecule has 0 heterocycles. The molecular formula is C9H13F4NO3. The summed E-state index contributed by atoms with van der Waals surface area (Å²) < 4.78 is 48.7. The molecule has 0 rings (SSSR count). The lowest BCUT2D eigenvalue weighted by atomic mass is 10.1. The number of hydrogen-bond acceptors (Lipinski definition) is 2. The predicted molar refractivity (Wildman–Crippen MR) is 50.0 cm³/mol. The molecule has 0 radical (unpaired) electrons. The fourth-order valence-electron chi connectivity index (χ4n) is 1.02. The van der Waals surface area contributed by atoms with Crippen molar-refractivity contribution in [2.75, 3.05) is 0 Å². The maximum absolute atomic E-state index is 12.5. The lowest BCUT2D eigenvalue weighted by Gasteiger charge is -2.19. The highest BCUT2D eigenvalue weighted by Gasteiger charge is 2.49. The Balaban J connectivity index is 4.55. The van der Waals surface area contributed by atoms with Crippen molar-refractivity contribution < 1.29 is 32.3 Å². The number of carboxylic acid groups (broad SMARTS) is 1. The van der Waals surface area contributed by atoms with Gasteiger partial charge in [-0.15, -0.1) is 0 Å². The van der Waals surface area contributed by atoms with Crippen LogP contribution in [-0.4, -0.2) is 35.4 Å². The molecule has 8 heteroatoms. The zero-order chi connectivity index (χ0) is 13.6. The van der Waals surface area contributed by atoms with Gasteiger partial charge in [0.1, 0.15) is 6.04 Å². The second-order valence-corrected chi connectivity index (χ2v) is 3.43. The third-order valence-electron chi connectivity index (χ3n) is 2.03. The Bertz CT molecular complexity index is 283. The fourth-order valence-corrected chi connectivity index (χ4v) is 1.02. The van der Waals surface area contributed by atoms with Crippen molar-refractivity contribution in [1.82, 2.24) is 5.32 Å². The minimum Gasteiger partial charge on any atom is -0.480 e. The average molecular weight is 259 g/mol. The van der Waals surface area contributed by atoms with E-state index in [2.05, 4.69) is 0 Å². The van der Waals surface area contributed by atoms with E-state index in [4.69, 9.17) is 5.11 Å². The van der Waals surface area contributed by atoms with Crippen LogP contribution < -0.4 is 5.32 Å². The van der Waals surface area contributed by atoms with Crippen LogP contribution >= 0.6 is 0 Å². The van der Waals surface area contributed by atoms with E-state index in [1.807, 2.05) is 0 Å². The van der Waals surface area contributed by atoms with Crippen molar-refractivity contribution in [1.29, 1.82) is 0 Å².